The van der Waals surface area contributed by atoms with E-state index in [2.05, 4.69) is 29.4 Å². The predicted molar refractivity (Wildman–Crippen MR) is 95.0 cm³/mol. The second-order valence-electron chi connectivity index (χ2n) is 5.48. The molecule has 2 atom stereocenters. The van der Waals surface area contributed by atoms with Crippen molar-refractivity contribution in [3.8, 4) is 0 Å². The molecule has 0 saturated carbocycles. The number of nitrogens with one attached hydrogen (secondary N) is 1. The highest BCUT2D eigenvalue weighted by molar-refractivity contribution is 8.15. The predicted octanol–water partition coefficient (Wildman–Crippen LogP) is 3.15. The number of benzene rings is 1. The Morgan fingerprint density at radius 2 is 2.04 bits per heavy atom. The molecule has 3 rings (SSSR count). The summed E-state index contributed by atoms with van der Waals surface area (Å²) in [7, 11) is 0. The normalized spacial score (nSPS) is 20.1. The van der Waals surface area contributed by atoms with E-state index in [0.717, 1.165) is 11.5 Å². The van der Waals surface area contributed by atoms with Crippen molar-refractivity contribution in [1.82, 2.24) is 10.3 Å². The highest BCUT2D eigenvalue weighted by atomic mass is 32.2. The standard InChI is InChI=1S/C18H19N3OS/c1-13-16(21-18(23-13)14-6-3-2-4-7-14)9-11-20-17(22)15-8-5-10-19-12-15/h2-8,10,12-13,16H,9,11H2,1H3,(H,20,22). The molecule has 4 nitrogen and oxygen atoms in total. The Bertz CT molecular complexity index is 688. The molecule has 0 saturated heterocycles. The number of thioether (sulfide) groups is 1. The van der Waals surface area contributed by atoms with E-state index in [1.54, 1.807) is 24.5 Å². The van der Waals surface area contributed by atoms with Crippen molar-refractivity contribution in [2.75, 3.05) is 6.54 Å². The third kappa shape index (κ3) is 3.99. The molecule has 5 heteroatoms. The van der Waals surface area contributed by atoms with Crippen molar-refractivity contribution in [3.63, 3.8) is 0 Å². The molecule has 0 bridgehead atoms. The van der Waals surface area contributed by atoms with E-state index in [0.29, 0.717) is 17.4 Å². The van der Waals surface area contributed by atoms with Crippen molar-refractivity contribution in [1.29, 1.82) is 0 Å². The summed E-state index contributed by atoms with van der Waals surface area (Å²) >= 11 is 1.81. The summed E-state index contributed by atoms with van der Waals surface area (Å²) in [6, 6.07) is 14.0. The fourth-order valence-electron chi connectivity index (χ4n) is 2.50. The molecule has 23 heavy (non-hydrogen) atoms. The van der Waals surface area contributed by atoms with Crippen molar-refractivity contribution >= 4 is 22.7 Å². The zero-order chi connectivity index (χ0) is 16.1. The first-order valence-electron chi connectivity index (χ1n) is 7.72. The van der Waals surface area contributed by atoms with Crippen LogP contribution in [0.15, 0.2) is 59.9 Å². The number of hydrogen-bond donors (Lipinski definition) is 1. The van der Waals surface area contributed by atoms with Crippen molar-refractivity contribution < 1.29 is 4.79 Å². The Morgan fingerprint density at radius 3 is 2.78 bits per heavy atom. The van der Waals surface area contributed by atoms with Crippen molar-refractivity contribution in [2.45, 2.75) is 24.6 Å². The van der Waals surface area contributed by atoms with Gasteiger partial charge in [0, 0.05) is 29.8 Å². The Hall–Kier alpha value is -2.14. The van der Waals surface area contributed by atoms with E-state index in [1.165, 1.54) is 5.56 Å². The number of carbonyl (C=O) groups excluding carboxylic acids is 1. The summed E-state index contributed by atoms with van der Waals surface area (Å²) in [6.07, 6.45) is 4.08. The maximum atomic E-state index is 12.0. The van der Waals surface area contributed by atoms with Crippen LogP contribution in [-0.4, -0.2) is 33.8 Å². The van der Waals surface area contributed by atoms with E-state index < -0.39 is 0 Å². The number of amides is 1. The van der Waals surface area contributed by atoms with Gasteiger partial charge in [0.15, 0.2) is 0 Å². The molecule has 1 amide bonds. The molecule has 2 heterocycles. The molecule has 0 radical (unpaired) electrons. The van der Waals surface area contributed by atoms with Gasteiger partial charge in [0.25, 0.3) is 5.91 Å². The van der Waals surface area contributed by atoms with Gasteiger partial charge in [0.05, 0.1) is 16.6 Å². The topological polar surface area (TPSA) is 54.4 Å². The fraction of sp³-hybridized carbons (Fsp3) is 0.278. The minimum Gasteiger partial charge on any atom is -0.352 e. The van der Waals surface area contributed by atoms with Crippen LogP contribution in [0.1, 0.15) is 29.3 Å². The number of nitrogens with zero attached hydrogens (tertiary/aromatic N) is 2. The second-order valence-corrected chi connectivity index (χ2v) is 6.84. The van der Waals surface area contributed by atoms with Gasteiger partial charge in [-0.3, -0.25) is 14.8 Å². The van der Waals surface area contributed by atoms with Gasteiger partial charge >= 0.3 is 0 Å². The van der Waals surface area contributed by atoms with Gasteiger partial charge in [-0.2, -0.15) is 0 Å². The molecule has 2 aromatic rings. The van der Waals surface area contributed by atoms with Crippen LogP contribution in [0.3, 0.4) is 0 Å². The Kier molecular flexibility index (Phi) is 5.08. The van der Waals surface area contributed by atoms with Crippen LogP contribution in [-0.2, 0) is 0 Å². The SMILES string of the molecule is CC1SC(c2ccccc2)=NC1CCNC(=O)c1cccnc1. The van der Waals surface area contributed by atoms with Gasteiger partial charge in [-0.25, -0.2) is 0 Å². The average Bonchev–Trinajstić information content (AvgIpc) is 2.97. The number of rotatable bonds is 5. The molecule has 2 unspecified atom stereocenters. The largest absolute Gasteiger partial charge is 0.352 e. The number of pyridine rings is 1. The molecule has 118 valence electrons. The first-order chi connectivity index (χ1) is 11.2. The Balaban J connectivity index is 1.54. The molecular weight excluding hydrogens is 306 g/mol. The van der Waals surface area contributed by atoms with Crippen LogP contribution in [0.5, 0.6) is 0 Å². The lowest BCUT2D eigenvalue weighted by atomic mass is 10.1. The summed E-state index contributed by atoms with van der Waals surface area (Å²) in [4.78, 5) is 20.8. The van der Waals surface area contributed by atoms with Gasteiger partial charge in [-0.05, 0) is 18.6 Å². The molecule has 0 spiro atoms. The van der Waals surface area contributed by atoms with Gasteiger partial charge in [0.1, 0.15) is 0 Å². The number of hydrogen-bond acceptors (Lipinski definition) is 4. The van der Waals surface area contributed by atoms with Crippen LogP contribution in [0.4, 0.5) is 0 Å². The molecule has 1 aliphatic rings. The molecule has 0 aliphatic carbocycles. The molecule has 0 fully saturated rings. The quantitative estimate of drug-likeness (QED) is 0.919. The van der Waals surface area contributed by atoms with E-state index >= 15 is 0 Å². The first kappa shape index (κ1) is 15.7. The zero-order valence-corrected chi connectivity index (χ0v) is 13.8. The van der Waals surface area contributed by atoms with Crippen molar-refractivity contribution in [2.24, 2.45) is 4.99 Å². The second kappa shape index (κ2) is 7.42. The number of aromatic nitrogens is 1. The monoisotopic (exact) mass is 325 g/mol. The number of carbonyl (C=O) groups is 1. The minimum atomic E-state index is -0.0799. The van der Waals surface area contributed by atoms with E-state index in [1.807, 2.05) is 30.0 Å². The minimum absolute atomic E-state index is 0.0799. The lowest BCUT2D eigenvalue weighted by molar-refractivity contribution is 0.0952. The van der Waals surface area contributed by atoms with Gasteiger partial charge < -0.3 is 5.32 Å². The van der Waals surface area contributed by atoms with Crippen molar-refractivity contribution in [3.05, 3.63) is 66.0 Å². The molecule has 1 N–H and O–H groups in total. The maximum Gasteiger partial charge on any atom is 0.252 e. The summed E-state index contributed by atoms with van der Waals surface area (Å²) < 4.78 is 0. The Morgan fingerprint density at radius 1 is 1.22 bits per heavy atom. The highest BCUT2D eigenvalue weighted by Crippen LogP contribution is 2.31. The highest BCUT2D eigenvalue weighted by Gasteiger charge is 2.26. The van der Waals surface area contributed by atoms with Gasteiger partial charge in [0.2, 0.25) is 0 Å². The van der Waals surface area contributed by atoms with Crippen LogP contribution >= 0.6 is 11.8 Å². The molecular formula is C18H19N3OS. The summed E-state index contributed by atoms with van der Waals surface area (Å²) in [5.74, 6) is -0.0799. The van der Waals surface area contributed by atoms with Crippen LogP contribution in [0, 0.1) is 0 Å². The van der Waals surface area contributed by atoms with Gasteiger partial charge in [-0.1, -0.05) is 37.3 Å². The van der Waals surface area contributed by atoms with Crippen LogP contribution in [0.2, 0.25) is 0 Å². The first-order valence-corrected chi connectivity index (χ1v) is 8.60. The van der Waals surface area contributed by atoms with E-state index in [4.69, 9.17) is 4.99 Å². The van der Waals surface area contributed by atoms with Gasteiger partial charge in [-0.15, -0.1) is 11.8 Å². The smallest absolute Gasteiger partial charge is 0.252 e. The number of aliphatic imine (C=N–C) groups is 1. The summed E-state index contributed by atoms with van der Waals surface area (Å²) in [6.45, 7) is 2.81. The molecule has 1 aliphatic heterocycles. The third-order valence-electron chi connectivity index (χ3n) is 3.79. The maximum absolute atomic E-state index is 12.0. The summed E-state index contributed by atoms with van der Waals surface area (Å²) in [5.41, 5.74) is 1.76. The summed E-state index contributed by atoms with van der Waals surface area (Å²) in [5, 5.41) is 4.47. The third-order valence-corrected chi connectivity index (χ3v) is 5.04. The Labute approximate surface area is 140 Å². The zero-order valence-electron chi connectivity index (χ0n) is 13.0. The molecule has 1 aromatic heterocycles. The average molecular weight is 325 g/mol. The van der Waals surface area contributed by atoms with Crippen LogP contribution < -0.4 is 5.32 Å². The lowest BCUT2D eigenvalue weighted by Gasteiger charge is -2.12. The fourth-order valence-corrected chi connectivity index (χ4v) is 3.67. The van der Waals surface area contributed by atoms with E-state index in [9.17, 15) is 4.79 Å². The lowest BCUT2D eigenvalue weighted by Crippen LogP contribution is -2.28. The van der Waals surface area contributed by atoms with Crippen LogP contribution in [0.25, 0.3) is 0 Å². The molecule has 1 aromatic carbocycles. The van der Waals surface area contributed by atoms with E-state index in [-0.39, 0.29) is 11.9 Å².